The van der Waals surface area contributed by atoms with Gasteiger partial charge in [0.25, 0.3) is 5.91 Å². The second-order valence-electron chi connectivity index (χ2n) is 4.18. The van der Waals surface area contributed by atoms with E-state index in [1.54, 1.807) is 29.0 Å². The fraction of sp³-hybridized carbons (Fsp3) is 0.0833. The van der Waals surface area contributed by atoms with Gasteiger partial charge < -0.3 is 11.1 Å². The van der Waals surface area contributed by atoms with Crippen molar-refractivity contribution >= 4 is 29.0 Å². The molecule has 0 aliphatic heterocycles. The summed E-state index contributed by atoms with van der Waals surface area (Å²) < 4.78 is 1.68. The average Bonchev–Trinajstić information content (AvgIpc) is 2.94. The van der Waals surface area contributed by atoms with Crippen LogP contribution >= 0.6 is 11.6 Å². The number of nitrogens with zero attached hydrogens (tertiary/aromatic N) is 5. The Labute approximate surface area is 124 Å². The molecule has 0 saturated carbocycles. The number of hydrogen-bond acceptors (Lipinski definition) is 6. The van der Waals surface area contributed by atoms with Gasteiger partial charge in [-0.1, -0.05) is 11.6 Å². The first-order valence-electron chi connectivity index (χ1n) is 5.99. The number of carbonyl (C=O) groups is 1. The Hall–Kier alpha value is -2.74. The first-order valence-corrected chi connectivity index (χ1v) is 6.37. The van der Waals surface area contributed by atoms with Crippen LogP contribution < -0.4 is 11.1 Å². The zero-order valence-electron chi connectivity index (χ0n) is 10.7. The molecule has 21 heavy (non-hydrogen) atoms. The summed E-state index contributed by atoms with van der Waals surface area (Å²) in [6, 6.07) is 4.97. The van der Waals surface area contributed by atoms with Gasteiger partial charge in [-0.3, -0.25) is 4.79 Å². The summed E-state index contributed by atoms with van der Waals surface area (Å²) in [4.78, 5) is 15.6. The van der Waals surface area contributed by atoms with E-state index >= 15 is 0 Å². The molecule has 0 aromatic carbocycles. The summed E-state index contributed by atoms with van der Waals surface area (Å²) in [5.41, 5.74) is 7.05. The van der Waals surface area contributed by atoms with Crippen LogP contribution in [0.2, 0.25) is 5.15 Å². The molecule has 0 spiro atoms. The minimum Gasteiger partial charge on any atom is -0.365 e. The van der Waals surface area contributed by atoms with Crippen LogP contribution in [0.1, 0.15) is 16.1 Å². The van der Waals surface area contributed by atoms with E-state index in [0.29, 0.717) is 6.54 Å². The fourth-order valence-electron chi connectivity index (χ4n) is 1.88. The molecule has 0 aliphatic carbocycles. The lowest BCUT2D eigenvalue weighted by Gasteiger charge is -2.09. The van der Waals surface area contributed by atoms with Crippen molar-refractivity contribution in [2.24, 2.45) is 5.73 Å². The van der Waals surface area contributed by atoms with Crippen molar-refractivity contribution in [3.8, 4) is 0 Å². The quantitative estimate of drug-likeness (QED) is 0.740. The molecule has 0 atom stereocenters. The smallest absolute Gasteiger partial charge is 0.252 e. The van der Waals surface area contributed by atoms with Crippen molar-refractivity contribution < 1.29 is 4.79 Å². The Balaban J connectivity index is 1.88. The number of primary amides is 1. The molecule has 0 radical (unpaired) electrons. The van der Waals surface area contributed by atoms with E-state index in [2.05, 4.69) is 25.6 Å². The molecule has 3 aromatic rings. The molecular formula is C12H10ClN7O. The summed E-state index contributed by atoms with van der Waals surface area (Å²) in [5.74, 6) is -0.364. The van der Waals surface area contributed by atoms with Crippen LogP contribution in [0.15, 0.2) is 30.6 Å². The van der Waals surface area contributed by atoms with E-state index in [-0.39, 0.29) is 16.5 Å². The summed E-state index contributed by atoms with van der Waals surface area (Å²) in [6.07, 6.45) is 3.33. The van der Waals surface area contributed by atoms with E-state index in [0.717, 1.165) is 11.3 Å². The van der Waals surface area contributed by atoms with Crippen molar-refractivity contribution in [3.63, 3.8) is 0 Å². The predicted octanol–water partition coefficient (Wildman–Crippen LogP) is 0.884. The Kier molecular flexibility index (Phi) is 3.36. The highest BCUT2D eigenvalue weighted by atomic mass is 35.5. The lowest BCUT2D eigenvalue weighted by Crippen LogP contribution is -2.17. The third-order valence-corrected chi connectivity index (χ3v) is 3.02. The van der Waals surface area contributed by atoms with E-state index in [4.69, 9.17) is 17.3 Å². The monoisotopic (exact) mass is 303 g/mol. The number of hydrogen-bond donors (Lipinski definition) is 2. The molecule has 0 aliphatic rings. The highest BCUT2D eigenvalue weighted by molar-refractivity contribution is 6.29. The van der Waals surface area contributed by atoms with Gasteiger partial charge in [-0.05, 0) is 12.1 Å². The molecule has 0 unspecified atom stereocenters. The van der Waals surface area contributed by atoms with Crippen LogP contribution in [0.3, 0.4) is 0 Å². The van der Waals surface area contributed by atoms with Crippen LogP contribution in [-0.4, -0.2) is 30.7 Å². The minimum absolute atomic E-state index is 0.104. The van der Waals surface area contributed by atoms with Gasteiger partial charge in [0.05, 0.1) is 24.0 Å². The lowest BCUT2D eigenvalue weighted by molar-refractivity contribution is 0.100. The van der Waals surface area contributed by atoms with E-state index in [1.807, 2.05) is 0 Å². The number of anilines is 1. The standard InChI is InChI=1S/C12H10ClN7O/c13-9-5-8(11(14)21)12(19-18-9)16-6-7-1-3-15-10-2-4-17-20(7)10/h1-5H,6H2,(H2,14,21)(H,16,19). The van der Waals surface area contributed by atoms with E-state index in [9.17, 15) is 4.79 Å². The van der Waals surface area contributed by atoms with Gasteiger partial charge in [-0.2, -0.15) is 5.10 Å². The highest BCUT2D eigenvalue weighted by Crippen LogP contribution is 2.15. The first kappa shape index (κ1) is 13.3. The van der Waals surface area contributed by atoms with E-state index in [1.165, 1.54) is 6.07 Å². The van der Waals surface area contributed by atoms with Gasteiger partial charge in [-0.15, -0.1) is 10.2 Å². The van der Waals surface area contributed by atoms with Crippen LogP contribution in [0.25, 0.3) is 5.65 Å². The number of rotatable bonds is 4. The molecule has 3 rings (SSSR count). The average molecular weight is 304 g/mol. The van der Waals surface area contributed by atoms with Crippen LogP contribution in [-0.2, 0) is 6.54 Å². The maximum atomic E-state index is 11.4. The Morgan fingerprint density at radius 2 is 2.19 bits per heavy atom. The SMILES string of the molecule is NC(=O)c1cc(Cl)nnc1NCc1ccnc2ccnn12. The molecule has 106 valence electrons. The minimum atomic E-state index is -0.631. The topological polar surface area (TPSA) is 111 Å². The maximum Gasteiger partial charge on any atom is 0.252 e. The zero-order chi connectivity index (χ0) is 14.8. The number of fused-ring (bicyclic) bond motifs is 1. The summed E-state index contributed by atoms with van der Waals surface area (Å²) in [7, 11) is 0. The van der Waals surface area contributed by atoms with Gasteiger partial charge in [-0.25, -0.2) is 9.50 Å². The molecule has 9 heteroatoms. The van der Waals surface area contributed by atoms with Gasteiger partial charge in [0.15, 0.2) is 16.6 Å². The maximum absolute atomic E-state index is 11.4. The van der Waals surface area contributed by atoms with Crippen molar-refractivity contribution in [2.75, 3.05) is 5.32 Å². The largest absolute Gasteiger partial charge is 0.365 e. The lowest BCUT2D eigenvalue weighted by atomic mass is 10.2. The van der Waals surface area contributed by atoms with Crippen LogP contribution in [0, 0.1) is 0 Å². The normalized spacial score (nSPS) is 10.7. The van der Waals surface area contributed by atoms with Crippen molar-refractivity contribution in [1.82, 2.24) is 24.8 Å². The summed E-state index contributed by atoms with van der Waals surface area (Å²) in [5, 5.41) is 14.8. The molecule has 0 saturated heterocycles. The molecular weight excluding hydrogens is 294 g/mol. The number of nitrogens with two attached hydrogens (primary N) is 1. The molecule has 3 heterocycles. The third kappa shape index (κ3) is 2.61. The number of aromatic nitrogens is 5. The summed E-state index contributed by atoms with van der Waals surface area (Å²) in [6.45, 7) is 0.372. The second-order valence-corrected chi connectivity index (χ2v) is 4.57. The van der Waals surface area contributed by atoms with Crippen LogP contribution in [0.5, 0.6) is 0 Å². The molecule has 8 nitrogen and oxygen atoms in total. The van der Waals surface area contributed by atoms with Crippen molar-refractivity contribution in [1.29, 1.82) is 0 Å². The first-order chi connectivity index (χ1) is 10.1. The predicted molar refractivity (Wildman–Crippen MR) is 75.9 cm³/mol. The molecule has 3 N–H and O–H groups in total. The number of halogens is 1. The van der Waals surface area contributed by atoms with E-state index < -0.39 is 5.91 Å². The summed E-state index contributed by atoms with van der Waals surface area (Å²) >= 11 is 5.71. The number of carbonyl (C=O) groups excluding carboxylic acids is 1. The molecule has 0 bridgehead atoms. The fourth-order valence-corrected chi connectivity index (χ4v) is 2.03. The van der Waals surface area contributed by atoms with Crippen molar-refractivity contribution in [2.45, 2.75) is 6.54 Å². The van der Waals surface area contributed by atoms with Gasteiger partial charge >= 0.3 is 0 Å². The molecule has 3 aromatic heterocycles. The third-order valence-electron chi connectivity index (χ3n) is 2.84. The number of nitrogens with one attached hydrogen (secondary N) is 1. The molecule has 1 amide bonds. The Morgan fingerprint density at radius 1 is 1.33 bits per heavy atom. The zero-order valence-corrected chi connectivity index (χ0v) is 11.4. The van der Waals surface area contributed by atoms with Gasteiger partial charge in [0.1, 0.15) is 0 Å². The second kappa shape index (κ2) is 5.33. The van der Waals surface area contributed by atoms with Crippen molar-refractivity contribution in [3.05, 3.63) is 47.0 Å². The van der Waals surface area contributed by atoms with Gasteiger partial charge in [0.2, 0.25) is 0 Å². The highest BCUT2D eigenvalue weighted by Gasteiger charge is 2.12. The number of amides is 1. The Morgan fingerprint density at radius 3 is 3.00 bits per heavy atom. The van der Waals surface area contributed by atoms with Gasteiger partial charge in [0, 0.05) is 12.3 Å². The Bertz CT molecular complexity index is 816. The molecule has 0 fully saturated rings. The van der Waals surface area contributed by atoms with Crippen LogP contribution in [0.4, 0.5) is 5.82 Å².